The summed E-state index contributed by atoms with van der Waals surface area (Å²) in [5.74, 6) is -0.348. The Labute approximate surface area is 158 Å². The van der Waals surface area contributed by atoms with E-state index in [1.807, 2.05) is 24.4 Å². The lowest BCUT2D eigenvalue weighted by Crippen LogP contribution is -2.30. The second kappa shape index (κ2) is 7.08. The van der Waals surface area contributed by atoms with Crippen molar-refractivity contribution < 1.29 is 4.79 Å². The van der Waals surface area contributed by atoms with Crippen molar-refractivity contribution >= 4 is 33.8 Å². The molecule has 1 N–H and O–H groups in total. The lowest BCUT2D eigenvalue weighted by Gasteiger charge is -2.07. The number of aromatic nitrogens is 4. The molecule has 0 saturated heterocycles. The number of nitrogens with zero attached hydrogens (tertiary/aromatic N) is 4. The number of fused-ring (bicyclic) bond motifs is 1. The molecule has 0 spiro atoms. The first-order valence-electron chi connectivity index (χ1n) is 8.25. The minimum absolute atomic E-state index is 0.205. The number of thiazole rings is 1. The Morgan fingerprint density at radius 2 is 1.93 bits per heavy atom. The molecule has 0 saturated carbocycles. The smallest absolute Gasteiger partial charge is 0.278 e. The van der Waals surface area contributed by atoms with Gasteiger partial charge in [0.2, 0.25) is 5.91 Å². The number of aryl methyl sites for hydroxylation is 1. The number of rotatable bonds is 4. The van der Waals surface area contributed by atoms with Crippen LogP contribution in [0.2, 0.25) is 0 Å². The number of amides is 1. The fourth-order valence-electron chi connectivity index (χ4n) is 2.68. The third-order valence-corrected chi connectivity index (χ3v) is 4.78. The fraction of sp³-hybridized carbons (Fsp3) is 0.105. The van der Waals surface area contributed by atoms with Crippen LogP contribution >= 0.6 is 11.3 Å². The highest BCUT2D eigenvalue weighted by atomic mass is 32.1. The molecule has 0 aliphatic rings. The number of carbonyl (C=O) groups is 1. The van der Waals surface area contributed by atoms with Gasteiger partial charge in [-0.2, -0.15) is 0 Å². The SMILES string of the molecule is Cc1nc(-c2ccc(NC(=O)Cn3nnc4ccccc4c3=O)cc2)cs1. The first-order chi connectivity index (χ1) is 13.1. The van der Waals surface area contributed by atoms with E-state index in [1.165, 1.54) is 0 Å². The van der Waals surface area contributed by atoms with Gasteiger partial charge in [-0.1, -0.05) is 29.5 Å². The van der Waals surface area contributed by atoms with Crippen molar-refractivity contribution in [2.45, 2.75) is 13.5 Å². The van der Waals surface area contributed by atoms with Gasteiger partial charge < -0.3 is 5.32 Å². The second-order valence-electron chi connectivity index (χ2n) is 5.95. The molecule has 2 heterocycles. The molecule has 2 aromatic carbocycles. The van der Waals surface area contributed by atoms with Crippen molar-refractivity contribution in [2.24, 2.45) is 0 Å². The monoisotopic (exact) mass is 377 g/mol. The van der Waals surface area contributed by atoms with Crippen molar-refractivity contribution in [1.29, 1.82) is 0 Å². The molecule has 0 unspecified atom stereocenters. The van der Waals surface area contributed by atoms with E-state index in [0.29, 0.717) is 16.6 Å². The number of hydrogen-bond donors (Lipinski definition) is 1. The number of hydrogen-bond acceptors (Lipinski definition) is 6. The lowest BCUT2D eigenvalue weighted by molar-refractivity contribution is -0.117. The van der Waals surface area contributed by atoms with Crippen LogP contribution in [0.1, 0.15) is 5.01 Å². The summed E-state index contributed by atoms with van der Waals surface area (Å²) in [6.45, 7) is 1.75. The average Bonchev–Trinajstić information content (AvgIpc) is 3.11. The standard InChI is InChI=1S/C19H15N5O2S/c1-12-20-17(11-27-12)13-6-8-14(9-7-13)21-18(25)10-24-19(26)15-4-2-3-5-16(15)22-23-24/h2-9,11H,10H2,1H3,(H,21,25). The molecular weight excluding hydrogens is 362 g/mol. The van der Waals surface area contributed by atoms with Crippen LogP contribution in [0.4, 0.5) is 5.69 Å². The summed E-state index contributed by atoms with van der Waals surface area (Å²) < 4.78 is 1.06. The molecule has 4 rings (SSSR count). The van der Waals surface area contributed by atoms with E-state index in [9.17, 15) is 9.59 Å². The van der Waals surface area contributed by atoms with Crippen molar-refractivity contribution in [3.8, 4) is 11.3 Å². The van der Waals surface area contributed by atoms with Crippen LogP contribution in [0.5, 0.6) is 0 Å². The van der Waals surface area contributed by atoms with Gasteiger partial charge in [-0.25, -0.2) is 9.67 Å². The van der Waals surface area contributed by atoms with Crippen molar-refractivity contribution in [3.63, 3.8) is 0 Å². The van der Waals surface area contributed by atoms with Crippen LogP contribution in [0.25, 0.3) is 22.2 Å². The van der Waals surface area contributed by atoms with Crippen molar-refractivity contribution in [3.05, 3.63) is 69.3 Å². The Morgan fingerprint density at radius 1 is 1.15 bits per heavy atom. The van der Waals surface area contributed by atoms with Crippen LogP contribution in [0.3, 0.4) is 0 Å². The van der Waals surface area contributed by atoms with Gasteiger partial charge in [-0.15, -0.1) is 16.4 Å². The zero-order valence-corrected chi connectivity index (χ0v) is 15.2. The molecule has 0 aliphatic carbocycles. The van der Waals surface area contributed by atoms with Gasteiger partial charge in [0.25, 0.3) is 5.56 Å². The summed E-state index contributed by atoms with van der Waals surface area (Å²) in [5.41, 5.74) is 2.69. The Hall–Kier alpha value is -3.39. The molecule has 0 bridgehead atoms. The Kier molecular flexibility index (Phi) is 4.47. The fourth-order valence-corrected chi connectivity index (χ4v) is 3.31. The summed E-state index contributed by atoms with van der Waals surface area (Å²) in [4.78, 5) is 29.1. The first kappa shape index (κ1) is 17.0. The van der Waals surface area contributed by atoms with Crippen LogP contribution in [-0.2, 0) is 11.3 Å². The number of anilines is 1. The van der Waals surface area contributed by atoms with Gasteiger partial charge in [-0.3, -0.25) is 9.59 Å². The highest BCUT2D eigenvalue weighted by Crippen LogP contribution is 2.23. The summed E-state index contributed by atoms with van der Waals surface area (Å²) in [7, 11) is 0. The highest BCUT2D eigenvalue weighted by Gasteiger charge is 2.10. The lowest BCUT2D eigenvalue weighted by atomic mass is 10.1. The molecule has 1 amide bonds. The van der Waals surface area contributed by atoms with Gasteiger partial charge in [0.1, 0.15) is 12.1 Å². The maximum atomic E-state index is 12.4. The normalized spacial score (nSPS) is 10.9. The van der Waals surface area contributed by atoms with Gasteiger partial charge in [0, 0.05) is 16.6 Å². The number of nitrogens with one attached hydrogen (secondary N) is 1. The Morgan fingerprint density at radius 3 is 2.67 bits per heavy atom. The molecular formula is C19H15N5O2S. The molecule has 0 aliphatic heterocycles. The predicted octanol–water partition coefficient (Wildman–Crippen LogP) is 2.86. The van der Waals surface area contributed by atoms with Crippen molar-refractivity contribution in [1.82, 2.24) is 20.0 Å². The van der Waals surface area contributed by atoms with E-state index in [1.54, 1.807) is 47.7 Å². The maximum Gasteiger partial charge on any atom is 0.278 e. The molecule has 7 nitrogen and oxygen atoms in total. The number of benzene rings is 2. The average molecular weight is 377 g/mol. The van der Waals surface area contributed by atoms with Gasteiger partial charge >= 0.3 is 0 Å². The minimum Gasteiger partial charge on any atom is -0.324 e. The molecule has 2 aromatic heterocycles. The van der Waals surface area contributed by atoms with Crippen LogP contribution in [-0.4, -0.2) is 25.9 Å². The van der Waals surface area contributed by atoms with Crippen molar-refractivity contribution in [2.75, 3.05) is 5.32 Å². The van der Waals surface area contributed by atoms with Gasteiger partial charge in [0.05, 0.1) is 16.1 Å². The molecule has 134 valence electrons. The summed E-state index contributed by atoms with van der Waals surface area (Å²) in [6.07, 6.45) is 0. The number of carbonyl (C=O) groups excluding carboxylic acids is 1. The van der Waals surface area contributed by atoms with E-state index in [-0.39, 0.29) is 18.0 Å². The summed E-state index contributed by atoms with van der Waals surface area (Å²) >= 11 is 1.59. The van der Waals surface area contributed by atoms with Crippen LogP contribution in [0.15, 0.2) is 58.7 Å². The van der Waals surface area contributed by atoms with Gasteiger partial charge in [0.15, 0.2) is 0 Å². The van der Waals surface area contributed by atoms with E-state index >= 15 is 0 Å². The quantitative estimate of drug-likeness (QED) is 0.591. The van der Waals surface area contributed by atoms with E-state index in [4.69, 9.17) is 0 Å². The Bertz CT molecular complexity index is 1180. The third kappa shape index (κ3) is 3.61. The molecule has 8 heteroatoms. The largest absolute Gasteiger partial charge is 0.324 e. The Balaban J connectivity index is 1.48. The summed E-state index contributed by atoms with van der Waals surface area (Å²) in [5, 5.41) is 14.0. The molecule has 4 aromatic rings. The first-order valence-corrected chi connectivity index (χ1v) is 9.13. The van der Waals surface area contributed by atoms with E-state index < -0.39 is 0 Å². The molecule has 0 fully saturated rings. The topological polar surface area (TPSA) is 89.8 Å². The molecule has 0 radical (unpaired) electrons. The third-order valence-electron chi connectivity index (χ3n) is 4.01. The highest BCUT2D eigenvalue weighted by molar-refractivity contribution is 7.09. The molecule has 0 atom stereocenters. The van der Waals surface area contributed by atoms with Crippen LogP contribution < -0.4 is 10.9 Å². The zero-order chi connectivity index (χ0) is 18.8. The summed E-state index contributed by atoms with van der Waals surface area (Å²) in [6, 6.07) is 14.3. The van der Waals surface area contributed by atoms with E-state index in [0.717, 1.165) is 20.9 Å². The molecule has 27 heavy (non-hydrogen) atoms. The predicted molar refractivity (Wildman–Crippen MR) is 105 cm³/mol. The van der Waals surface area contributed by atoms with Gasteiger partial charge in [-0.05, 0) is 31.2 Å². The van der Waals surface area contributed by atoms with Crippen LogP contribution in [0, 0.1) is 6.92 Å². The maximum absolute atomic E-state index is 12.4. The second-order valence-corrected chi connectivity index (χ2v) is 7.01. The minimum atomic E-state index is -0.348. The zero-order valence-electron chi connectivity index (χ0n) is 14.4. The van der Waals surface area contributed by atoms with E-state index in [2.05, 4.69) is 20.6 Å².